The molecule has 1 aliphatic heterocycles. The van der Waals surface area contributed by atoms with E-state index in [1.165, 1.54) is 4.90 Å². The van der Waals surface area contributed by atoms with Crippen molar-refractivity contribution in [2.75, 3.05) is 19.8 Å². The number of likely N-dealkylation sites (tertiary alicyclic amines) is 1. The van der Waals surface area contributed by atoms with Crippen LogP contribution >= 0.6 is 0 Å². The summed E-state index contributed by atoms with van der Waals surface area (Å²) in [5.74, 6) is -0.0117. The molecule has 0 radical (unpaired) electrons. The Morgan fingerprint density at radius 3 is 2.62 bits per heavy atom. The lowest BCUT2D eigenvalue weighted by Gasteiger charge is -2.22. The van der Waals surface area contributed by atoms with E-state index in [0.29, 0.717) is 13.0 Å². The van der Waals surface area contributed by atoms with E-state index in [2.05, 4.69) is 12.2 Å². The minimum Gasteiger partial charge on any atom is -0.381 e. The normalized spacial score (nSPS) is 23.5. The Bertz CT molecular complexity index is 353. The Kier molecular flexibility index (Phi) is 6.64. The maximum Gasteiger partial charge on any atom is 0.247 e. The zero-order chi connectivity index (χ0) is 15.1. The van der Waals surface area contributed by atoms with E-state index < -0.39 is 0 Å². The van der Waals surface area contributed by atoms with Gasteiger partial charge in [0.15, 0.2) is 0 Å². The summed E-state index contributed by atoms with van der Waals surface area (Å²) in [6.07, 6.45) is 7.68. The van der Waals surface area contributed by atoms with Gasteiger partial charge < -0.3 is 10.1 Å². The molecule has 0 bridgehead atoms. The van der Waals surface area contributed by atoms with Gasteiger partial charge >= 0.3 is 0 Å². The molecular formula is C16H28N2O3. The summed E-state index contributed by atoms with van der Waals surface area (Å²) >= 11 is 0. The first-order valence-corrected chi connectivity index (χ1v) is 8.41. The van der Waals surface area contributed by atoms with Crippen LogP contribution in [0, 0.1) is 0 Å². The van der Waals surface area contributed by atoms with Gasteiger partial charge in [-0.1, -0.05) is 26.2 Å². The second-order valence-electron chi connectivity index (χ2n) is 6.07. The highest BCUT2D eigenvalue weighted by Crippen LogP contribution is 2.28. The van der Waals surface area contributed by atoms with Crippen LogP contribution in [0.1, 0.15) is 58.3 Å². The monoisotopic (exact) mass is 296 g/mol. The first kappa shape index (κ1) is 16.4. The molecule has 5 nitrogen and oxygen atoms in total. The summed E-state index contributed by atoms with van der Waals surface area (Å²) in [4.78, 5) is 25.9. The van der Waals surface area contributed by atoms with E-state index in [-0.39, 0.29) is 23.9 Å². The minimum atomic E-state index is -0.311. The lowest BCUT2D eigenvalue weighted by atomic mass is 10.2. The number of hydrogen-bond donors (Lipinski definition) is 1. The molecule has 0 aromatic rings. The number of nitrogens with one attached hydrogen (secondary N) is 1. The summed E-state index contributed by atoms with van der Waals surface area (Å²) < 4.78 is 5.49. The quantitative estimate of drug-likeness (QED) is 0.521. The molecule has 1 heterocycles. The van der Waals surface area contributed by atoms with Crippen molar-refractivity contribution in [1.82, 2.24) is 10.2 Å². The van der Waals surface area contributed by atoms with Gasteiger partial charge in [0.1, 0.15) is 0 Å². The number of amides is 2. The predicted molar refractivity (Wildman–Crippen MR) is 80.9 cm³/mol. The van der Waals surface area contributed by atoms with Crippen LogP contribution in [-0.2, 0) is 14.3 Å². The summed E-state index contributed by atoms with van der Waals surface area (Å²) in [5.41, 5.74) is 0. The van der Waals surface area contributed by atoms with E-state index in [4.69, 9.17) is 4.74 Å². The number of carbonyl (C=O) groups excluding carboxylic acids is 2. The van der Waals surface area contributed by atoms with Gasteiger partial charge in [-0.3, -0.25) is 14.5 Å². The lowest BCUT2D eigenvalue weighted by Crippen LogP contribution is -2.43. The molecule has 0 spiro atoms. The molecule has 0 aromatic heterocycles. The Hall–Kier alpha value is -0.940. The smallest absolute Gasteiger partial charge is 0.247 e. The molecule has 1 N–H and O–H groups in total. The molecule has 2 rings (SSSR count). The standard InChI is InChI=1S/C16H28N2O3/c1-2-3-10-21-11-6-9-17-14-12-15(19)18(16(14)20)13-7-4-5-8-13/h13-14,17H,2-12H2,1H3. The van der Waals surface area contributed by atoms with Gasteiger partial charge in [0.25, 0.3) is 0 Å². The average Bonchev–Trinajstić information content (AvgIpc) is 3.07. The first-order chi connectivity index (χ1) is 10.2. The van der Waals surface area contributed by atoms with E-state index in [0.717, 1.165) is 58.1 Å². The fraction of sp³-hybridized carbons (Fsp3) is 0.875. The number of unbranched alkanes of at least 4 members (excludes halogenated alkanes) is 1. The third kappa shape index (κ3) is 4.51. The van der Waals surface area contributed by atoms with Gasteiger partial charge in [-0.25, -0.2) is 0 Å². The third-order valence-electron chi connectivity index (χ3n) is 4.37. The first-order valence-electron chi connectivity index (χ1n) is 8.41. The van der Waals surface area contributed by atoms with Gasteiger partial charge in [-0.05, 0) is 32.2 Å². The number of rotatable bonds is 9. The van der Waals surface area contributed by atoms with Crippen molar-refractivity contribution in [3.8, 4) is 0 Å². The molecule has 1 saturated carbocycles. The van der Waals surface area contributed by atoms with Crippen LogP contribution in [0.15, 0.2) is 0 Å². The number of hydrogen-bond acceptors (Lipinski definition) is 4. The Balaban J connectivity index is 1.65. The van der Waals surface area contributed by atoms with Crippen molar-refractivity contribution in [2.45, 2.75) is 70.4 Å². The molecule has 1 saturated heterocycles. The van der Waals surface area contributed by atoms with Gasteiger partial charge in [-0.2, -0.15) is 0 Å². The van der Waals surface area contributed by atoms with Gasteiger partial charge in [0.05, 0.1) is 12.5 Å². The van der Waals surface area contributed by atoms with E-state index >= 15 is 0 Å². The maximum absolute atomic E-state index is 12.3. The average molecular weight is 296 g/mol. The van der Waals surface area contributed by atoms with Crippen LogP contribution < -0.4 is 5.32 Å². The molecule has 5 heteroatoms. The molecule has 0 aromatic carbocycles. The van der Waals surface area contributed by atoms with Gasteiger partial charge in [-0.15, -0.1) is 0 Å². The topological polar surface area (TPSA) is 58.6 Å². The van der Waals surface area contributed by atoms with Crippen molar-refractivity contribution < 1.29 is 14.3 Å². The second kappa shape index (κ2) is 8.49. The highest BCUT2D eigenvalue weighted by molar-refractivity contribution is 6.05. The highest BCUT2D eigenvalue weighted by atomic mass is 16.5. The SMILES string of the molecule is CCCCOCCCNC1CC(=O)N(C2CCCC2)C1=O. The summed E-state index contributed by atoms with van der Waals surface area (Å²) in [7, 11) is 0. The highest BCUT2D eigenvalue weighted by Gasteiger charge is 2.42. The van der Waals surface area contributed by atoms with Crippen molar-refractivity contribution in [1.29, 1.82) is 0 Å². The molecule has 1 unspecified atom stereocenters. The van der Waals surface area contributed by atoms with Crippen molar-refractivity contribution in [3.63, 3.8) is 0 Å². The summed E-state index contributed by atoms with van der Waals surface area (Å²) in [5, 5.41) is 3.21. The fourth-order valence-electron chi connectivity index (χ4n) is 3.16. The van der Waals surface area contributed by atoms with Crippen molar-refractivity contribution in [2.24, 2.45) is 0 Å². The summed E-state index contributed by atoms with van der Waals surface area (Å²) in [6, 6.07) is -0.150. The maximum atomic E-state index is 12.3. The Labute approximate surface area is 127 Å². The van der Waals surface area contributed by atoms with Crippen LogP contribution in [0.3, 0.4) is 0 Å². The number of ether oxygens (including phenoxy) is 1. The van der Waals surface area contributed by atoms with Crippen LogP contribution in [0.4, 0.5) is 0 Å². The fourth-order valence-corrected chi connectivity index (χ4v) is 3.16. The Morgan fingerprint density at radius 2 is 1.90 bits per heavy atom. The number of nitrogens with zero attached hydrogens (tertiary/aromatic N) is 1. The minimum absolute atomic E-state index is 0.00333. The van der Waals surface area contributed by atoms with E-state index in [1.54, 1.807) is 0 Å². The zero-order valence-corrected chi connectivity index (χ0v) is 13.1. The second-order valence-corrected chi connectivity index (χ2v) is 6.07. The van der Waals surface area contributed by atoms with Crippen LogP contribution in [0.25, 0.3) is 0 Å². The van der Waals surface area contributed by atoms with Crippen LogP contribution in [-0.4, -0.2) is 48.6 Å². The molecule has 2 fully saturated rings. The molecule has 1 atom stereocenters. The molecular weight excluding hydrogens is 268 g/mol. The third-order valence-corrected chi connectivity index (χ3v) is 4.37. The van der Waals surface area contributed by atoms with Crippen LogP contribution in [0.2, 0.25) is 0 Å². The van der Waals surface area contributed by atoms with E-state index in [9.17, 15) is 9.59 Å². The van der Waals surface area contributed by atoms with Crippen LogP contribution in [0.5, 0.6) is 0 Å². The largest absolute Gasteiger partial charge is 0.381 e. The molecule has 1 aliphatic carbocycles. The summed E-state index contributed by atoms with van der Waals surface area (Å²) in [6.45, 7) is 4.40. The number of imide groups is 1. The molecule has 2 aliphatic rings. The van der Waals surface area contributed by atoms with Gasteiger partial charge in [0, 0.05) is 19.3 Å². The van der Waals surface area contributed by atoms with E-state index in [1.807, 2.05) is 0 Å². The molecule has 2 amide bonds. The Morgan fingerprint density at radius 1 is 1.19 bits per heavy atom. The zero-order valence-electron chi connectivity index (χ0n) is 13.1. The predicted octanol–water partition coefficient (Wildman–Crippen LogP) is 1.85. The van der Waals surface area contributed by atoms with Crippen molar-refractivity contribution >= 4 is 11.8 Å². The molecule has 120 valence electrons. The van der Waals surface area contributed by atoms with Gasteiger partial charge in [0.2, 0.25) is 11.8 Å². The van der Waals surface area contributed by atoms with Crippen molar-refractivity contribution in [3.05, 3.63) is 0 Å². The lowest BCUT2D eigenvalue weighted by molar-refractivity contribution is -0.141. The number of carbonyl (C=O) groups is 2. The molecule has 21 heavy (non-hydrogen) atoms.